The highest BCUT2D eigenvalue weighted by Crippen LogP contribution is 2.15. The molecule has 2 aliphatic rings. The van der Waals surface area contributed by atoms with Gasteiger partial charge < -0.3 is 15.0 Å². The smallest absolute Gasteiger partial charge is 0.317 e. The van der Waals surface area contributed by atoms with E-state index in [0.717, 1.165) is 19.4 Å². The maximum atomic E-state index is 12.4. The Balaban J connectivity index is 1.53. The number of aromatic nitrogens is 2. The van der Waals surface area contributed by atoms with E-state index in [4.69, 9.17) is 4.74 Å². The van der Waals surface area contributed by atoms with Crippen LogP contribution in [0.5, 0.6) is 0 Å². The highest BCUT2D eigenvalue weighted by atomic mass is 32.2. The third kappa shape index (κ3) is 3.65. The first-order valence-corrected chi connectivity index (χ1v) is 9.14. The SMILES string of the molecule is O=C(N[C@@H]1CCCOC1)N1CCN(S(=O)(=O)c2ccn[nH]2)CC1. The molecule has 2 saturated heterocycles. The molecule has 1 aromatic heterocycles. The van der Waals surface area contributed by atoms with E-state index < -0.39 is 10.0 Å². The molecule has 0 radical (unpaired) electrons. The minimum Gasteiger partial charge on any atom is -0.379 e. The number of aromatic amines is 1. The molecular weight excluding hydrogens is 322 g/mol. The molecule has 0 aromatic carbocycles. The fraction of sp³-hybridized carbons (Fsp3) is 0.692. The number of amides is 2. The second kappa shape index (κ2) is 6.85. The number of nitrogens with one attached hydrogen (secondary N) is 2. The van der Waals surface area contributed by atoms with Crippen molar-refractivity contribution in [3.63, 3.8) is 0 Å². The van der Waals surface area contributed by atoms with E-state index >= 15 is 0 Å². The Labute approximate surface area is 135 Å². The van der Waals surface area contributed by atoms with E-state index in [0.29, 0.717) is 19.7 Å². The van der Waals surface area contributed by atoms with Crippen LogP contribution in [0.15, 0.2) is 17.3 Å². The molecule has 0 aliphatic carbocycles. The zero-order valence-electron chi connectivity index (χ0n) is 12.8. The van der Waals surface area contributed by atoms with E-state index in [1.54, 1.807) is 4.90 Å². The Hall–Kier alpha value is -1.65. The van der Waals surface area contributed by atoms with Gasteiger partial charge in [0, 0.05) is 32.8 Å². The van der Waals surface area contributed by atoms with Gasteiger partial charge in [0.15, 0.2) is 5.03 Å². The van der Waals surface area contributed by atoms with E-state index in [-0.39, 0.29) is 30.2 Å². The summed E-state index contributed by atoms with van der Waals surface area (Å²) in [5.41, 5.74) is 0. The topological polar surface area (TPSA) is 108 Å². The Morgan fingerprint density at radius 1 is 1.35 bits per heavy atom. The van der Waals surface area contributed by atoms with Gasteiger partial charge in [0.1, 0.15) is 0 Å². The van der Waals surface area contributed by atoms with Crippen molar-refractivity contribution in [1.29, 1.82) is 0 Å². The maximum Gasteiger partial charge on any atom is 0.317 e. The molecule has 0 bridgehead atoms. The Morgan fingerprint density at radius 3 is 2.74 bits per heavy atom. The largest absolute Gasteiger partial charge is 0.379 e. The number of sulfonamides is 1. The molecule has 128 valence electrons. The number of piperazine rings is 1. The van der Waals surface area contributed by atoms with Crippen molar-refractivity contribution >= 4 is 16.1 Å². The lowest BCUT2D eigenvalue weighted by molar-refractivity contribution is 0.0697. The van der Waals surface area contributed by atoms with Gasteiger partial charge >= 0.3 is 6.03 Å². The van der Waals surface area contributed by atoms with Gasteiger partial charge in [-0.15, -0.1) is 0 Å². The van der Waals surface area contributed by atoms with Crippen LogP contribution in [0, 0.1) is 0 Å². The van der Waals surface area contributed by atoms with Crippen LogP contribution in [0.1, 0.15) is 12.8 Å². The molecule has 2 N–H and O–H groups in total. The summed E-state index contributed by atoms with van der Waals surface area (Å²) in [7, 11) is -3.56. The van der Waals surface area contributed by atoms with Crippen LogP contribution in [-0.4, -0.2) is 79.3 Å². The van der Waals surface area contributed by atoms with Crippen LogP contribution in [0.25, 0.3) is 0 Å². The third-order valence-electron chi connectivity index (χ3n) is 4.11. The predicted molar refractivity (Wildman–Crippen MR) is 81.3 cm³/mol. The molecule has 2 amide bonds. The lowest BCUT2D eigenvalue weighted by Crippen LogP contribution is -2.55. The monoisotopic (exact) mass is 343 g/mol. The van der Waals surface area contributed by atoms with Gasteiger partial charge in [0.05, 0.1) is 18.8 Å². The fourth-order valence-electron chi connectivity index (χ4n) is 2.78. The average molecular weight is 343 g/mol. The first kappa shape index (κ1) is 16.2. The summed E-state index contributed by atoms with van der Waals surface area (Å²) in [6.45, 7) is 2.57. The molecule has 2 fully saturated rings. The fourth-order valence-corrected chi connectivity index (χ4v) is 4.10. The highest BCUT2D eigenvalue weighted by Gasteiger charge is 2.31. The van der Waals surface area contributed by atoms with Gasteiger partial charge in [-0.1, -0.05) is 0 Å². The summed E-state index contributed by atoms with van der Waals surface area (Å²) in [6, 6.07) is 1.32. The minimum absolute atomic E-state index is 0.0444. The van der Waals surface area contributed by atoms with Gasteiger partial charge in [0.2, 0.25) is 0 Å². The van der Waals surface area contributed by atoms with Crippen molar-refractivity contribution < 1.29 is 17.9 Å². The molecule has 0 spiro atoms. The molecule has 3 heterocycles. The molecule has 9 nitrogen and oxygen atoms in total. The van der Waals surface area contributed by atoms with Crippen molar-refractivity contribution in [3.8, 4) is 0 Å². The normalized spacial score (nSPS) is 23.7. The number of carbonyl (C=O) groups excluding carboxylic acids is 1. The van der Waals surface area contributed by atoms with E-state index in [9.17, 15) is 13.2 Å². The molecule has 1 aromatic rings. The molecule has 0 unspecified atom stereocenters. The molecule has 1 atom stereocenters. The van der Waals surface area contributed by atoms with Crippen LogP contribution in [0.2, 0.25) is 0 Å². The Morgan fingerprint density at radius 2 is 2.13 bits per heavy atom. The Bertz CT molecular complexity index is 619. The predicted octanol–water partition coefficient (Wildman–Crippen LogP) is -0.395. The lowest BCUT2D eigenvalue weighted by Gasteiger charge is -2.35. The van der Waals surface area contributed by atoms with Crippen LogP contribution >= 0.6 is 0 Å². The maximum absolute atomic E-state index is 12.4. The van der Waals surface area contributed by atoms with Crippen molar-refractivity contribution in [1.82, 2.24) is 24.7 Å². The second-order valence-electron chi connectivity index (χ2n) is 5.68. The summed E-state index contributed by atoms with van der Waals surface area (Å²) in [5, 5.41) is 9.18. The molecule has 3 rings (SSSR count). The number of nitrogens with zero attached hydrogens (tertiary/aromatic N) is 3. The summed E-state index contributed by atoms with van der Waals surface area (Å²) in [6.07, 6.45) is 3.27. The highest BCUT2D eigenvalue weighted by molar-refractivity contribution is 7.89. The molecule has 2 aliphatic heterocycles. The van der Waals surface area contributed by atoms with Crippen LogP contribution in [0.3, 0.4) is 0 Å². The zero-order valence-corrected chi connectivity index (χ0v) is 13.6. The first-order chi connectivity index (χ1) is 11.1. The van der Waals surface area contributed by atoms with Crippen molar-refractivity contribution in [2.45, 2.75) is 23.9 Å². The number of urea groups is 1. The third-order valence-corrected chi connectivity index (χ3v) is 5.93. The summed E-state index contributed by atoms with van der Waals surface area (Å²) < 4.78 is 31.4. The van der Waals surface area contributed by atoms with Gasteiger partial charge in [-0.3, -0.25) is 5.10 Å². The molecule has 10 heteroatoms. The summed E-state index contributed by atoms with van der Waals surface area (Å²) in [4.78, 5) is 13.9. The zero-order chi connectivity index (χ0) is 16.3. The number of carbonyl (C=O) groups is 1. The second-order valence-corrected chi connectivity index (χ2v) is 7.58. The molecule has 23 heavy (non-hydrogen) atoms. The van der Waals surface area contributed by atoms with Crippen LogP contribution in [0.4, 0.5) is 4.79 Å². The van der Waals surface area contributed by atoms with Crippen molar-refractivity contribution in [2.24, 2.45) is 0 Å². The summed E-state index contributed by atoms with van der Waals surface area (Å²) in [5.74, 6) is 0. The minimum atomic E-state index is -3.56. The number of H-pyrrole nitrogens is 1. The van der Waals surface area contributed by atoms with E-state index in [1.807, 2.05) is 0 Å². The van der Waals surface area contributed by atoms with E-state index in [2.05, 4.69) is 15.5 Å². The average Bonchev–Trinajstić information content (AvgIpc) is 3.11. The van der Waals surface area contributed by atoms with E-state index in [1.165, 1.54) is 16.6 Å². The Kier molecular flexibility index (Phi) is 4.83. The molecular formula is C13H21N5O4S. The van der Waals surface area contributed by atoms with Crippen LogP contribution in [-0.2, 0) is 14.8 Å². The summed E-state index contributed by atoms with van der Waals surface area (Å²) >= 11 is 0. The van der Waals surface area contributed by atoms with Crippen molar-refractivity contribution in [3.05, 3.63) is 12.3 Å². The number of rotatable bonds is 3. The number of hydrogen-bond donors (Lipinski definition) is 2. The van der Waals surface area contributed by atoms with Gasteiger partial charge in [-0.05, 0) is 18.9 Å². The van der Waals surface area contributed by atoms with Crippen molar-refractivity contribution in [2.75, 3.05) is 39.4 Å². The first-order valence-electron chi connectivity index (χ1n) is 7.70. The van der Waals surface area contributed by atoms with Gasteiger partial charge in [-0.25, -0.2) is 13.2 Å². The standard InChI is InChI=1S/C13H21N5O4S/c19-13(15-11-2-1-9-22-10-11)17-5-7-18(8-6-17)23(20,21)12-3-4-14-16-12/h3-4,11H,1-2,5-10H2,(H,14,16)(H,15,19)/t11-/m1/s1. The van der Waals surface area contributed by atoms with Gasteiger partial charge in [-0.2, -0.15) is 9.40 Å². The van der Waals surface area contributed by atoms with Gasteiger partial charge in [0.25, 0.3) is 10.0 Å². The lowest BCUT2D eigenvalue weighted by atomic mass is 10.1. The number of hydrogen-bond acceptors (Lipinski definition) is 5. The number of ether oxygens (including phenoxy) is 1. The quantitative estimate of drug-likeness (QED) is 0.777. The van der Waals surface area contributed by atoms with Crippen LogP contribution < -0.4 is 5.32 Å². The molecule has 0 saturated carbocycles.